The van der Waals surface area contributed by atoms with E-state index in [1.54, 1.807) is 41.3 Å². The van der Waals surface area contributed by atoms with E-state index in [0.29, 0.717) is 23.0 Å². The molecule has 3 rings (SSSR count). The van der Waals surface area contributed by atoms with Gasteiger partial charge in [-0.15, -0.1) is 0 Å². The van der Waals surface area contributed by atoms with E-state index in [0.717, 1.165) is 11.1 Å². The number of likely N-dealkylation sites (N-methyl/N-ethyl adjacent to an activating group) is 1. The fourth-order valence-electron chi connectivity index (χ4n) is 4.17. The van der Waals surface area contributed by atoms with Crippen molar-refractivity contribution in [1.82, 2.24) is 14.5 Å². The van der Waals surface area contributed by atoms with E-state index >= 15 is 0 Å². The maximum absolute atomic E-state index is 13.7. The van der Waals surface area contributed by atoms with Crippen molar-refractivity contribution in [2.24, 2.45) is 0 Å². The van der Waals surface area contributed by atoms with E-state index < -0.39 is 16.1 Å². The summed E-state index contributed by atoms with van der Waals surface area (Å²) in [6.07, 6.45) is 0.662. The average Bonchev–Trinajstić information content (AvgIpc) is 2.93. The van der Waals surface area contributed by atoms with Gasteiger partial charge in [-0.05, 0) is 48.7 Å². The monoisotopic (exact) mass is 589 g/mol. The molecule has 0 aliphatic heterocycles. The van der Waals surface area contributed by atoms with Crippen LogP contribution >= 0.6 is 23.2 Å². The zero-order chi connectivity index (χ0) is 28.4. The van der Waals surface area contributed by atoms with Gasteiger partial charge in [0.2, 0.25) is 21.8 Å². The van der Waals surface area contributed by atoms with Gasteiger partial charge in [-0.1, -0.05) is 77.8 Å². The molecule has 0 aliphatic carbocycles. The van der Waals surface area contributed by atoms with Crippen molar-refractivity contribution in [3.8, 4) is 0 Å². The van der Waals surface area contributed by atoms with Gasteiger partial charge in [0.1, 0.15) is 6.04 Å². The Kier molecular flexibility index (Phi) is 11.4. The summed E-state index contributed by atoms with van der Waals surface area (Å²) in [5.41, 5.74) is 1.64. The predicted molar refractivity (Wildman–Crippen MR) is 155 cm³/mol. The molecular weight excluding hydrogens is 557 g/mol. The molecule has 0 fully saturated rings. The molecule has 208 valence electrons. The van der Waals surface area contributed by atoms with Crippen LogP contribution in [0.15, 0.2) is 83.8 Å². The Hall–Kier alpha value is -2.91. The summed E-state index contributed by atoms with van der Waals surface area (Å²) in [7, 11) is -2.18. The molecule has 1 atom stereocenters. The van der Waals surface area contributed by atoms with Gasteiger partial charge in [0.25, 0.3) is 0 Å². The maximum Gasteiger partial charge on any atom is 0.243 e. The highest BCUT2D eigenvalue weighted by Crippen LogP contribution is 2.25. The lowest BCUT2D eigenvalue weighted by molar-refractivity contribution is -0.141. The molecule has 39 heavy (non-hydrogen) atoms. The molecule has 1 unspecified atom stereocenters. The molecular formula is C29H33Cl2N3O4S. The number of nitrogens with zero attached hydrogens (tertiary/aromatic N) is 2. The Morgan fingerprint density at radius 3 is 2.15 bits per heavy atom. The first-order valence-electron chi connectivity index (χ1n) is 12.7. The van der Waals surface area contributed by atoms with Gasteiger partial charge in [-0.3, -0.25) is 9.59 Å². The predicted octanol–water partition coefficient (Wildman–Crippen LogP) is 5.17. The average molecular weight is 591 g/mol. The van der Waals surface area contributed by atoms with Crippen LogP contribution in [-0.2, 0) is 32.6 Å². The summed E-state index contributed by atoms with van der Waals surface area (Å²) in [5, 5.41) is 3.60. The van der Waals surface area contributed by atoms with E-state index in [-0.39, 0.29) is 42.6 Å². The highest BCUT2D eigenvalue weighted by atomic mass is 35.5. The third-order valence-corrected chi connectivity index (χ3v) is 8.88. The van der Waals surface area contributed by atoms with E-state index in [9.17, 15) is 18.0 Å². The van der Waals surface area contributed by atoms with Gasteiger partial charge >= 0.3 is 0 Å². The first kappa shape index (κ1) is 30.6. The zero-order valence-electron chi connectivity index (χ0n) is 22.0. The molecule has 0 saturated carbocycles. The molecule has 2 amide bonds. The Balaban J connectivity index is 1.82. The molecule has 7 nitrogen and oxygen atoms in total. The Morgan fingerprint density at radius 2 is 1.54 bits per heavy atom. The van der Waals surface area contributed by atoms with Crippen LogP contribution in [0.5, 0.6) is 0 Å². The lowest BCUT2D eigenvalue weighted by Crippen LogP contribution is -2.50. The molecule has 3 aromatic rings. The molecule has 0 spiro atoms. The number of nitrogens with one attached hydrogen (secondary N) is 1. The second-order valence-corrected chi connectivity index (χ2v) is 12.0. The number of halogens is 2. The fourth-order valence-corrected chi connectivity index (χ4v) is 5.72. The first-order chi connectivity index (χ1) is 18.6. The van der Waals surface area contributed by atoms with Crippen LogP contribution in [0, 0.1) is 0 Å². The standard InChI is InChI=1S/C29H33Cl2N3O4S/c1-3-32-29(36)27(20-22-11-6-4-7-12-22)34(21-23-16-17-25(30)26(31)19-23)28(35)15-10-18-33(2)39(37,38)24-13-8-5-9-14-24/h4-9,11-14,16-17,19,27H,3,10,15,18,20-21H2,1-2H3,(H,32,36). The van der Waals surface area contributed by atoms with Crippen LogP contribution in [-0.4, -0.2) is 55.6 Å². The topological polar surface area (TPSA) is 86.8 Å². The number of carbonyl (C=O) groups is 2. The number of rotatable bonds is 13. The third-order valence-electron chi connectivity index (χ3n) is 6.27. The van der Waals surface area contributed by atoms with E-state index in [1.807, 2.05) is 37.3 Å². The van der Waals surface area contributed by atoms with Crippen LogP contribution in [0.1, 0.15) is 30.9 Å². The SMILES string of the molecule is CCNC(=O)C(Cc1ccccc1)N(Cc1ccc(Cl)c(Cl)c1)C(=O)CCCN(C)S(=O)(=O)c1ccccc1. The van der Waals surface area contributed by atoms with Gasteiger partial charge in [0, 0.05) is 39.5 Å². The third kappa shape index (κ3) is 8.54. The summed E-state index contributed by atoms with van der Waals surface area (Å²) >= 11 is 12.3. The lowest BCUT2D eigenvalue weighted by atomic mass is 10.0. The maximum atomic E-state index is 13.7. The minimum Gasteiger partial charge on any atom is -0.355 e. The molecule has 0 aliphatic rings. The summed E-state index contributed by atoms with van der Waals surface area (Å²) in [5.74, 6) is -0.530. The molecule has 0 bridgehead atoms. The Labute approximate surface area is 240 Å². The van der Waals surface area contributed by atoms with Crippen LogP contribution in [0.3, 0.4) is 0 Å². The van der Waals surface area contributed by atoms with Crippen molar-refractivity contribution in [3.63, 3.8) is 0 Å². The molecule has 0 radical (unpaired) electrons. The summed E-state index contributed by atoms with van der Waals surface area (Å²) in [4.78, 5) is 28.6. The molecule has 0 heterocycles. The molecule has 1 N–H and O–H groups in total. The van der Waals surface area contributed by atoms with Crippen LogP contribution in [0.25, 0.3) is 0 Å². The van der Waals surface area contributed by atoms with Crippen molar-refractivity contribution in [3.05, 3.63) is 100 Å². The van der Waals surface area contributed by atoms with Gasteiger partial charge in [-0.2, -0.15) is 0 Å². The molecule has 0 saturated heterocycles. The van der Waals surface area contributed by atoms with Gasteiger partial charge in [0.15, 0.2) is 0 Å². The van der Waals surface area contributed by atoms with Crippen LogP contribution in [0.4, 0.5) is 0 Å². The largest absolute Gasteiger partial charge is 0.355 e. The Bertz CT molecular complexity index is 1360. The minimum absolute atomic E-state index is 0.0562. The summed E-state index contributed by atoms with van der Waals surface area (Å²) in [6, 6.07) is 22.0. The number of amides is 2. The smallest absolute Gasteiger partial charge is 0.243 e. The highest BCUT2D eigenvalue weighted by Gasteiger charge is 2.30. The molecule has 0 aromatic heterocycles. The summed E-state index contributed by atoms with van der Waals surface area (Å²) in [6.45, 7) is 2.53. The van der Waals surface area contributed by atoms with E-state index in [2.05, 4.69) is 5.32 Å². The van der Waals surface area contributed by atoms with E-state index in [4.69, 9.17) is 23.2 Å². The first-order valence-corrected chi connectivity index (χ1v) is 14.9. The molecule has 10 heteroatoms. The number of benzene rings is 3. The second kappa shape index (κ2) is 14.5. The van der Waals surface area contributed by atoms with E-state index in [1.165, 1.54) is 23.5 Å². The lowest BCUT2D eigenvalue weighted by Gasteiger charge is -2.32. The quantitative estimate of drug-likeness (QED) is 0.298. The van der Waals surface area contributed by atoms with Gasteiger partial charge < -0.3 is 10.2 Å². The number of hydrogen-bond donors (Lipinski definition) is 1. The van der Waals surface area contributed by atoms with Crippen LogP contribution < -0.4 is 5.32 Å². The number of carbonyl (C=O) groups excluding carboxylic acids is 2. The van der Waals surface area contributed by atoms with Crippen LogP contribution in [0.2, 0.25) is 10.0 Å². The summed E-state index contributed by atoms with van der Waals surface area (Å²) < 4.78 is 27.0. The number of sulfonamides is 1. The highest BCUT2D eigenvalue weighted by molar-refractivity contribution is 7.89. The van der Waals surface area contributed by atoms with Crippen molar-refractivity contribution < 1.29 is 18.0 Å². The normalized spacial score (nSPS) is 12.2. The molecule has 3 aromatic carbocycles. The van der Waals surface area contributed by atoms with Gasteiger partial charge in [-0.25, -0.2) is 12.7 Å². The van der Waals surface area contributed by atoms with Crippen molar-refractivity contribution >= 4 is 45.0 Å². The number of hydrogen-bond acceptors (Lipinski definition) is 4. The van der Waals surface area contributed by atoms with Crippen molar-refractivity contribution in [2.45, 2.75) is 43.7 Å². The fraction of sp³-hybridized carbons (Fsp3) is 0.310. The minimum atomic E-state index is -3.68. The second-order valence-electron chi connectivity index (χ2n) is 9.11. The van der Waals surface area contributed by atoms with Crippen molar-refractivity contribution in [2.75, 3.05) is 20.1 Å². The van der Waals surface area contributed by atoms with Crippen molar-refractivity contribution in [1.29, 1.82) is 0 Å². The van der Waals surface area contributed by atoms with Gasteiger partial charge in [0.05, 0.1) is 14.9 Å². The Morgan fingerprint density at radius 1 is 0.897 bits per heavy atom. The zero-order valence-corrected chi connectivity index (χ0v) is 24.3.